The van der Waals surface area contributed by atoms with Crippen LogP contribution in [0.3, 0.4) is 0 Å². The maximum absolute atomic E-state index is 12.2. The van der Waals surface area contributed by atoms with Gasteiger partial charge in [0.15, 0.2) is 0 Å². The lowest BCUT2D eigenvalue weighted by atomic mass is 10.2. The van der Waals surface area contributed by atoms with Gasteiger partial charge in [-0.15, -0.1) is 11.3 Å². The largest absolute Gasteiger partial charge is 0.458 e. The van der Waals surface area contributed by atoms with E-state index in [0.29, 0.717) is 5.56 Å². The molecule has 0 aliphatic rings. The predicted molar refractivity (Wildman–Crippen MR) is 119 cm³/mol. The molecule has 0 atom stereocenters. The van der Waals surface area contributed by atoms with Gasteiger partial charge in [-0.1, -0.05) is 36.4 Å². The smallest absolute Gasteiger partial charge is 0.331 e. The fourth-order valence-corrected chi connectivity index (χ4v) is 3.68. The van der Waals surface area contributed by atoms with Crippen LogP contribution >= 0.6 is 11.3 Å². The molecule has 4 rings (SSSR count). The number of ether oxygens (including phenoxy) is 1. The normalized spacial score (nSPS) is 11.0. The fourth-order valence-electron chi connectivity index (χ4n) is 2.95. The number of benzene rings is 2. The van der Waals surface area contributed by atoms with Crippen molar-refractivity contribution in [3.63, 3.8) is 0 Å². The summed E-state index contributed by atoms with van der Waals surface area (Å²) in [6, 6.07) is 19.6. The zero-order valence-electron chi connectivity index (χ0n) is 16.3. The highest BCUT2D eigenvalue weighted by Gasteiger charge is 2.12. The van der Waals surface area contributed by atoms with E-state index in [-0.39, 0.29) is 12.3 Å². The Morgan fingerprint density at radius 2 is 1.97 bits per heavy atom. The standard InChI is InChI=1S/C23H17N3O4S/c27-22(30-16-17-6-4-9-20(14-17)26(28)29)12-11-18-15-25(19-7-2-1-3-8-19)24-23(18)21-10-5-13-31-21/h1-15H,16H2. The first-order valence-corrected chi connectivity index (χ1v) is 10.3. The molecule has 2 aromatic carbocycles. The summed E-state index contributed by atoms with van der Waals surface area (Å²) in [5, 5.41) is 17.5. The van der Waals surface area contributed by atoms with Crippen molar-refractivity contribution < 1.29 is 14.5 Å². The molecule has 31 heavy (non-hydrogen) atoms. The third-order valence-corrected chi connectivity index (χ3v) is 5.30. The Bertz CT molecular complexity index is 1230. The number of carbonyl (C=O) groups is 1. The summed E-state index contributed by atoms with van der Waals surface area (Å²) in [4.78, 5) is 23.6. The number of non-ortho nitro benzene ring substituents is 1. The van der Waals surface area contributed by atoms with Gasteiger partial charge < -0.3 is 4.74 Å². The van der Waals surface area contributed by atoms with Crippen LogP contribution in [0.15, 0.2) is 84.4 Å². The molecule has 8 heteroatoms. The molecule has 4 aromatic rings. The van der Waals surface area contributed by atoms with Crippen molar-refractivity contribution in [1.82, 2.24) is 9.78 Å². The van der Waals surface area contributed by atoms with Gasteiger partial charge in [0.25, 0.3) is 5.69 Å². The number of aromatic nitrogens is 2. The maximum Gasteiger partial charge on any atom is 0.331 e. The van der Waals surface area contributed by atoms with Crippen molar-refractivity contribution in [1.29, 1.82) is 0 Å². The highest BCUT2D eigenvalue weighted by atomic mass is 32.1. The van der Waals surface area contributed by atoms with Gasteiger partial charge >= 0.3 is 5.97 Å². The first-order chi connectivity index (χ1) is 15.1. The van der Waals surface area contributed by atoms with Crippen LogP contribution in [0.5, 0.6) is 0 Å². The van der Waals surface area contributed by atoms with Gasteiger partial charge in [0.1, 0.15) is 12.3 Å². The summed E-state index contributed by atoms with van der Waals surface area (Å²) >= 11 is 1.56. The van der Waals surface area contributed by atoms with Crippen molar-refractivity contribution in [3.05, 3.63) is 106 Å². The van der Waals surface area contributed by atoms with Gasteiger partial charge in [0, 0.05) is 30.0 Å². The van der Waals surface area contributed by atoms with E-state index in [1.807, 2.05) is 54.0 Å². The zero-order chi connectivity index (χ0) is 21.6. The minimum atomic E-state index is -0.545. The molecule has 0 saturated heterocycles. The van der Waals surface area contributed by atoms with Crippen LogP contribution in [0.1, 0.15) is 11.1 Å². The van der Waals surface area contributed by atoms with E-state index in [9.17, 15) is 14.9 Å². The molecule has 0 spiro atoms. The Hall–Kier alpha value is -4.04. The van der Waals surface area contributed by atoms with Gasteiger partial charge in [0.2, 0.25) is 0 Å². The molecule has 2 aromatic heterocycles. The Balaban J connectivity index is 1.51. The Labute approximate surface area is 182 Å². The van der Waals surface area contributed by atoms with Gasteiger partial charge in [-0.3, -0.25) is 10.1 Å². The minimum absolute atomic E-state index is 0.0435. The summed E-state index contributed by atoms with van der Waals surface area (Å²) in [5.41, 5.74) is 2.96. The SMILES string of the molecule is O=C(C=Cc1cn(-c2ccccc2)nc1-c1cccs1)OCc1cccc([N+](=O)[O-])c1. The molecular formula is C23H17N3O4S. The highest BCUT2D eigenvalue weighted by Crippen LogP contribution is 2.28. The Morgan fingerprint density at radius 1 is 1.13 bits per heavy atom. The number of nitro groups is 1. The maximum atomic E-state index is 12.2. The van der Waals surface area contributed by atoms with Crippen molar-refractivity contribution in [2.45, 2.75) is 6.61 Å². The quantitative estimate of drug-likeness (QED) is 0.172. The number of thiophene rings is 1. The van der Waals surface area contributed by atoms with Crippen LogP contribution in [0.25, 0.3) is 22.3 Å². The van der Waals surface area contributed by atoms with Crippen LogP contribution in [-0.2, 0) is 16.1 Å². The fraction of sp³-hybridized carbons (Fsp3) is 0.0435. The van der Waals surface area contributed by atoms with E-state index >= 15 is 0 Å². The van der Waals surface area contributed by atoms with Gasteiger partial charge in [-0.05, 0) is 35.2 Å². The number of rotatable bonds is 7. The molecule has 2 heterocycles. The molecule has 0 N–H and O–H groups in total. The average molecular weight is 431 g/mol. The lowest BCUT2D eigenvalue weighted by Crippen LogP contribution is -2.01. The van der Waals surface area contributed by atoms with Gasteiger partial charge in [-0.2, -0.15) is 5.10 Å². The van der Waals surface area contributed by atoms with E-state index in [0.717, 1.165) is 21.8 Å². The molecule has 0 radical (unpaired) electrons. The van der Waals surface area contributed by atoms with E-state index in [1.165, 1.54) is 18.2 Å². The Kier molecular flexibility index (Phi) is 6.00. The molecule has 0 unspecified atom stereocenters. The lowest BCUT2D eigenvalue weighted by molar-refractivity contribution is -0.384. The molecule has 154 valence electrons. The molecule has 0 fully saturated rings. The molecule has 0 aliphatic heterocycles. The van der Waals surface area contributed by atoms with E-state index in [2.05, 4.69) is 5.10 Å². The average Bonchev–Trinajstić information content (AvgIpc) is 3.47. The van der Waals surface area contributed by atoms with Crippen molar-refractivity contribution >= 4 is 29.1 Å². The number of nitrogens with zero attached hydrogens (tertiary/aromatic N) is 3. The summed E-state index contributed by atoms with van der Waals surface area (Å²) in [7, 11) is 0. The molecular weight excluding hydrogens is 414 g/mol. The van der Waals surface area contributed by atoms with Crippen LogP contribution in [0.4, 0.5) is 5.69 Å². The first kappa shape index (κ1) is 20.2. The van der Waals surface area contributed by atoms with E-state index < -0.39 is 10.9 Å². The third-order valence-electron chi connectivity index (χ3n) is 4.42. The second-order valence-electron chi connectivity index (χ2n) is 6.56. The third kappa shape index (κ3) is 4.93. The van der Waals surface area contributed by atoms with Crippen molar-refractivity contribution in [2.75, 3.05) is 0 Å². The molecule has 0 amide bonds. The number of hydrogen-bond donors (Lipinski definition) is 0. The van der Waals surface area contributed by atoms with Crippen molar-refractivity contribution in [3.8, 4) is 16.3 Å². The minimum Gasteiger partial charge on any atom is -0.458 e. The monoisotopic (exact) mass is 431 g/mol. The number of esters is 1. The summed E-state index contributed by atoms with van der Waals surface area (Å²) < 4.78 is 7.00. The lowest BCUT2D eigenvalue weighted by Gasteiger charge is -2.02. The van der Waals surface area contributed by atoms with Crippen LogP contribution in [0.2, 0.25) is 0 Å². The topological polar surface area (TPSA) is 87.3 Å². The van der Waals surface area contributed by atoms with Gasteiger partial charge in [0.05, 0.1) is 15.5 Å². The second kappa shape index (κ2) is 9.19. The van der Waals surface area contributed by atoms with Crippen LogP contribution < -0.4 is 0 Å². The molecule has 7 nitrogen and oxygen atoms in total. The van der Waals surface area contributed by atoms with E-state index in [1.54, 1.807) is 34.2 Å². The second-order valence-corrected chi connectivity index (χ2v) is 7.51. The predicted octanol–water partition coefficient (Wildman–Crippen LogP) is 5.27. The molecule has 0 bridgehead atoms. The summed E-state index contributed by atoms with van der Waals surface area (Å²) in [5.74, 6) is -0.545. The molecule has 0 saturated carbocycles. The number of hydrogen-bond acceptors (Lipinski definition) is 6. The number of carbonyl (C=O) groups excluding carboxylic acids is 1. The molecule has 0 aliphatic carbocycles. The number of para-hydroxylation sites is 1. The zero-order valence-corrected chi connectivity index (χ0v) is 17.1. The van der Waals surface area contributed by atoms with Crippen LogP contribution in [0, 0.1) is 10.1 Å². The highest BCUT2D eigenvalue weighted by molar-refractivity contribution is 7.13. The Morgan fingerprint density at radius 3 is 2.71 bits per heavy atom. The van der Waals surface area contributed by atoms with Gasteiger partial charge in [-0.25, -0.2) is 9.48 Å². The van der Waals surface area contributed by atoms with E-state index in [4.69, 9.17) is 4.74 Å². The summed E-state index contributed by atoms with van der Waals surface area (Å²) in [6.07, 6.45) is 4.85. The summed E-state index contributed by atoms with van der Waals surface area (Å²) in [6.45, 7) is -0.0497. The first-order valence-electron chi connectivity index (χ1n) is 9.37. The van der Waals surface area contributed by atoms with Crippen LogP contribution in [-0.4, -0.2) is 20.7 Å². The van der Waals surface area contributed by atoms with Crippen molar-refractivity contribution in [2.24, 2.45) is 0 Å². The number of nitro benzene ring substituents is 1.